The quantitative estimate of drug-likeness (QED) is 0.779. The van der Waals surface area contributed by atoms with E-state index in [1.807, 2.05) is 18.2 Å². The molecule has 1 aliphatic rings. The molecule has 1 fully saturated rings. The van der Waals surface area contributed by atoms with Crippen molar-refractivity contribution in [1.82, 2.24) is 0 Å². The zero-order chi connectivity index (χ0) is 13.0. The molecule has 1 aromatic rings. The standard InChI is InChI=1S/C15H21BrClN/c16-13-10-12(7-8-14(13)17)15(18)9-6-11-4-2-1-3-5-11/h7-8,10-11,15H,1-6,9,18H2. The van der Waals surface area contributed by atoms with Gasteiger partial charge in [0.15, 0.2) is 0 Å². The Bertz CT molecular complexity index is 388. The van der Waals surface area contributed by atoms with Crippen molar-refractivity contribution < 1.29 is 0 Å². The molecule has 0 heterocycles. The third-order valence-electron chi connectivity index (χ3n) is 3.98. The van der Waals surface area contributed by atoms with Crippen molar-refractivity contribution >= 4 is 27.5 Å². The molecule has 2 N–H and O–H groups in total. The fourth-order valence-corrected chi connectivity index (χ4v) is 3.31. The predicted molar refractivity (Wildman–Crippen MR) is 81.9 cm³/mol. The molecule has 3 heteroatoms. The van der Waals surface area contributed by atoms with E-state index < -0.39 is 0 Å². The maximum atomic E-state index is 6.27. The van der Waals surface area contributed by atoms with E-state index in [4.69, 9.17) is 17.3 Å². The summed E-state index contributed by atoms with van der Waals surface area (Å²) in [7, 11) is 0. The second-order valence-electron chi connectivity index (χ2n) is 5.36. The van der Waals surface area contributed by atoms with Gasteiger partial charge in [0.2, 0.25) is 0 Å². The van der Waals surface area contributed by atoms with Crippen molar-refractivity contribution in [2.24, 2.45) is 11.7 Å². The zero-order valence-corrected chi connectivity index (χ0v) is 13.0. The summed E-state index contributed by atoms with van der Waals surface area (Å²) in [5, 5.41) is 0.748. The zero-order valence-electron chi connectivity index (χ0n) is 10.7. The van der Waals surface area contributed by atoms with E-state index in [0.29, 0.717) is 0 Å². The Morgan fingerprint density at radius 1 is 1.28 bits per heavy atom. The van der Waals surface area contributed by atoms with Gasteiger partial charge in [0, 0.05) is 10.5 Å². The second-order valence-corrected chi connectivity index (χ2v) is 6.62. The normalized spacial score (nSPS) is 18.8. The summed E-state index contributed by atoms with van der Waals surface area (Å²) in [4.78, 5) is 0. The van der Waals surface area contributed by atoms with Gasteiger partial charge in [0.25, 0.3) is 0 Å². The summed E-state index contributed by atoms with van der Waals surface area (Å²) in [5.41, 5.74) is 7.45. The average molecular weight is 331 g/mol. The Labute approximate surface area is 123 Å². The lowest BCUT2D eigenvalue weighted by atomic mass is 9.84. The summed E-state index contributed by atoms with van der Waals surface area (Å²) >= 11 is 9.45. The maximum Gasteiger partial charge on any atom is 0.0548 e. The van der Waals surface area contributed by atoms with Gasteiger partial charge in [-0.3, -0.25) is 0 Å². The first kappa shape index (κ1) is 14.4. The van der Waals surface area contributed by atoms with E-state index in [1.54, 1.807) is 0 Å². The highest BCUT2D eigenvalue weighted by Crippen LogP contribution is 2.31. The molecule has 100 valence electrons. The van der Waals surface area contributed by atoms with Crippen LogP contribution in [-0.4, -0.2) is 0 Å². The van der Waals surface area contributed by atoms with Crippen molar-refractivity contribution in [3.05, 3.63) is 33.3 Å². The molecule has 1 saturated carbocycles. The lowest BCUT2D eigenvalue weighted by Crippen LogP contribution is -2.14. The molecule has 0 aromatic heterocycles. The minimum absolute atomic E-state index is 0.139. The van der Waals surface area contributed by atoms with E-state index in [1.165, 1.54) is 44.1 Å². The fraction of sp³-hybridized carbons (Fsp3) is 0.600. The molecule has 0 aliphatic heterocycles. The molecule has 1 aromatic carbocycles. The third kappa shape index (κ3) is 3.97. The van der Waals surface area contributed by atoms with Crippen molar-refractivity contribution in [2.45, 2.75) is 51.0 Å². The first-order valence-corrected chi connectivity index (χ1v) is 8.04. The van der Waals surface area contributed by atoms with Crippen LogP contribution in [0.25, 0.3) is 0 Å². The Kier molecular flexibility index (Phi) is 5.53. The molecule has 0 amide bonds. The second kappa shape index (κ2) is 6.93. The Morgan fingerprint density at radius 3 is 2.67 bits per heavy atom. The van der Waals surface area contributed by atoms with Crippen LogP contribution < -0.4 is 5.73 Å². The van der Waals surface area contributed by atoms with Crippen molar-refractivity contribution in [3.8, 4) is 0 Å². The Balaban J connectivity index is 1.86. The number of halogens is 2. The van der Waals surface area contributed by atoms with E-state index >= 15 is 0 Å². The minimum Gasteiger partial charge on any atom is -0.324 e. The molecule has 2 rings (SSSR count). The van der Waals surface area contributed by atoms with E-state index in [0.717, 1.165) is 21.8 Å². The molecule has 1 unspecified atom stereocenters. The molecule has 0 bridgehead atoms. The van der Waals surface area contributed by atoms with E-state index in [2.05, 4.69) is 15.9 Å². The predicted octanol–water partition coefficient (Wildman–Crippen LogP) is 5.46. The van der Waals surface area contributed by atoms with E-state index in [9.17, 15) is 0 Å². The highest BCUT2D eigenvalue weighted by molar-refractivity contribution is 9.10. The Hall–Kier alpha value is -0.0500. The van der Waals surface area contributed by atoms with Crippen LogP contribution in [0.5, 0.6) is 0 Å². The van der Waals surface area contributed by atoms with Crippen LogP contribution in [0.4, 0.5) is 0 Å². The fourth-order valence-electron chi connectivity index (χ4n) is 2.80. The van der Waals surface area contributed by atoms with Crippen LogP contribution in [0.3, 0.4) is 0 Å². The van der Waals surface area contributed by atoms with Crippen LogP contribution in [0.1, 0.15) is 56.6 Å². The van der Waals surface area contributed by atoms with Gasteiger partial charge >= 0.3 is 0 Å². The molecule has 0 radical (unpaired) electrons. The van der Waals surface area contributed by atoms with Crippen LogP contribution in [0.15, 0.2) is 22.7 Å². The van der Waals surface area contributed by atoms with Gasteiger partial charge in [-0.1, -0.05) is 49.8 Å². The number of hydrogen-bond acceptors (Lipinski definition) is 1. The average Bonchev–Trinajstić information content (AvgIpc) is 2.40. The summed E-state index contributed by atoms with van der Waals surface area (Å²) in [6.45, 7) is 0. The molecule has 1 nitrogen and oxygen atoms in total. The summed E-state index contributed by atoms with van der Waals surface area (Å²) in [6, 6.07) is 6.15. The van der Waals surface area contributed by atoms with Crippen LogP contribution >= 0.6 is 27.5 Å². The highest BCUT2D eigenvalue weighted by atomic mass is 79.9. The molecule has 18 heavy (non-hydrogen) atoms. The van der Waals surface area contributed by atoms with Crippen molar-refractivity contribution in [1.29, 1.82) is 0 Å². The first-order chi connectivity index (χ1) is 8.66. The summed E-state index contributed by atoms with van der Waals surface area (Å²) in [5.74, 6) is 0.903. The number of rotatable bonds is 4. The molecule has 1 atom stereocenters. The molecular weight excluding hydrogens is 310 g/mol. The molecule has 1 aliphatic carbocycles. The highest BCUT2D eigenvalue weighted by Gasteiger charge is 2.15. The minimum atomic E-state index is 0.139. The number of nitrogens with two attached hydrogens (primary N) is 1. The Morgan fingerprint density at radius 2 is 2.00 bits per heavy atom. The SMILES string of the molecule is NC(CCC1CCCCC1)c1ccc(Cl)c(Br)c1. The monoisotopic (exact) mass is 329 g/mol. The van der Waals surface area contributed by atoms with Crippen LogP contribution in [0.2, 0.25) is 5.02 Å². The van der Waals surface area contributed by atoms with Gasteiger partial charge < -0.3 is 5.73 Å². The van der Waals surface area contributed by atoms with Crippen LogP contribution in [0, 0.1) is 5.92 Å². The van der Waals surface area contributed by atoms with E-state index in [-0.39, 0.29) is 6.04 Å². The van der Waals surface area contributed by atoms with Gasteiger partial charge in [0.05, 0.1) is 5.02 Å². The molecule has 0 spiro atoms. The van der Waals surface area contributed by atoms with Crippen molar-refractivity contribution in [3.63, 3.8) is 0 Å². The summed E-state index contributed by atoms with van der Waals surface area (Å²) < 4.78 is 0.940. The smallest absolute Gasteiger partial charge is 0.0548 e. The number of hydrogen-bond donors (Lipinski definition) is 1. The third-order valence-corrected chi connectivity index (χ3v) is 5.20. The van der Waals surface area contributed by atoms with Gasteiger partial charge in [-0.2, -0.15) is 0 Å². The van der Waals surface area contributed by atoms with Gasteiger partial charge in [-0.05, 0) is 52.4 Å². The first-order valence-electron chi connectivity index (χ1n) is 6.87. The lowest BCUT2D eigenvalue weighted by molar-refractivity contribution is 0.324. The largest absolute Gasteiger partial charge is 0.324 e. The van der Waals surface area contributed by atoms with Crippen LogP contribution in [-0.2, 0) is 0 Å². The van der Waals surface area contributed by atoms with Gasteiger partial charge in [0.1, 0.15) is 0 Å². The topological polar surface area (TPSA) is 26.0 Å². The summed E-state index contributed by atoms with van der Waals surface area (Å²) in [6.07, 6.45) is 9.39. The number of benzene rings is 1. The molecule has 0 saturated heterocycles. The maximum absolute atomic E-state index is 6.27. The van der Waals surface area contributed by atoms with Gasteiger partial charge in [-0.15, -0.1) is 0 Å². The van der Waals surface area contributed by atoms with Gasteiger partial charge in [-0.25, -0.2) is 0 Å². The van der Waals surface area contributed by atoms with Crippen molar-refractivity contribution in [2.75, 3.05) is 0 Å². The lowest BCUT2D eigenvalue weighted by Gasteiger charge is -2.23. The molecular formula is C15H21BrClN.